The van der Waals surface area contributed by atoms with Crippen molar-refractivity contribution in [2.24, 2.45) is 0 Å². The van der Waals surface area contributed by atoms with Gasteiger partial charge in [-0.2, -0.15) is 0 Å². The summed E-state index contributed by atoms with van der Waals surface area (Å²) in [6.07, 6.45) is 0. The highest BCUT2D eigenvalue weighted by Crippen LogP contribution is 2.32. The van der Waals surface area contributed by atoms with Gasteiger partial charge in [0.15, 0.2) is 16.6 Å². The number of thiocarbonyl (C=S) groups is 1. The van der Waals surface area contributed by atoms with E-state index in [-0.39, 0.29) is 18.5 Å². The van der Waals surface area contributed by atoms with Gasteiger partial charge in [-0.1, -0.05) is 0 Å². The fraction of sp³-hybridized carbons (Fsp3) is 0.318. The van der Waals surface area contributed by atoms with Crippen LogP contribution in [-0.4, -0.2) is 56.7 Å². The number of esters is 1. The summed E-state index contributed by atoms with van der Waals surface area (Å²) in [4.78, 5) is 27.0. The lowest BCUT2D eigenvalue weighted by molar-refractivity contribution is 0.0526. The van der Waals surface area contributed by atoms with Gasteiger partial charge >= 0.3 is 5.97 Å². The number of amides is 1. The van der Waals surface area contributed by atoms with Crippen molar-refractivity contribution in [1.82, 2.24) is 5.32 Å². The number of morpholine rings is 1. The molecular weight excluding hydrogens is 434 g/mol. The van der Waals surface area contributed by atoms with Gasteiger partial charge in [-0.05, 0) is 55.5 Å². The number of hydrogen-bond acceptors (Lipinski definition) is 8. The molecule has 0 bridgehead atoms. The highest BCUT2D eigenvalue weighted by Gasteiger charge is 2.20. The molecular formula is C22H23N3O6S. The van der Waals surface area contributed by atoms with E-state index >= 15 is 0 Å². The van der Waals surface area contributed by atoms with E-state index in [1.165, 1.54) is 0 Å². The lowest BCUT2D eigenvalue weighted by atomic mass is 10.1. The minimum Gasteiger partial charge on any atom is -0.462 e. The Kier molecular flexibility index (Phi) is 6.72. The Bertz CT molecular complexity index is 1040. The molecule has 0 spiro atoms. The molecule has 0 saturated carbocycles. The molecule has 9 nitrogen and oxygen atoms in total. The van der Waals surface area contributed by atoms with Crippen molar-refractivity contribution >= 4 is 40.6 Å². The summed E-state index contributed by atoms with van der Waals surface area (Å²) < 4.78 is 21.1. The maximum absolute atomic E-state index is 12.7. The minimum atomic E-state index is -0.431. The van der Waals surface area contributed by atoms with Crippen LogP contribution >= 0.6 is 12.2 Å². The molecule has 1 saturated heterocycles. The van der Waals surface area contributed by atoms with Crippen LogP contribution in [0.3, 0.4) is 0 Å². The number of carbonyl (C=O) groups is 2. The Hall–Kier alpha value is -3.37. The molecule has 2 aliphatic rings. The predicted molar refractivity (Wildman–Crippen MR) is 122 cm³/mol. The second-order valence-electron chi connectivity index (χ2n) is 7.03. The van der Waals surface area contributed by atoms with E-state index in [0.29, 0.717) is 54.6 Å². The highest BCUT2D eigenvalue weighted by atomic mass is 32.1. The Balaban J connectivity index is 1.51. The summed E-state index contributed by atoms with van der Waals surface area (Å²) >= 11 is 5.37. The number of hydrogen-bond donors (Lipinski definition) is 2. The molecule has 1 amide bonds. The van der Waals surface area contributed by atoms with Crippen LogP contribution in [0, 0.1) is 0 Å². The van der Waals surface area contributed by atoms with Gasteiger partial charge in [0.05, 0.1) is 36.8 Å². The van der Waals surface area contributed by atoms with Crippen molar-refractivity contribution in [3.8, 4) is 11.5 Å². The zero-order valence-corrected chi connectivity index (χ0v) is 18.3. The molecule has 2 heterocycles. The van der Waals surface area contributed by atoms with Gasteiger partial charge in [-0.3, -0.25) is 10.1 Å². The lowest BCUT2D eigenvalue weighted by Crippen LogP contribution is -2.38. The number of carbonyl (C=O) groups excluding carboxylic acids is 2. The summed E-state index contributed by atoms with van der Waals surface area (Å²) in [6.45, 7) is 4.75. The van der Waals surface area contributed by atoms with Crippen molar-refractivity contribution in [1.29, 1.82) is 0 Å². The maximum atomic E-state index is 12.7. The first-order valence-corrected chi connectivity index (χ1v) is 10.6. The van der Waals surface area contributed by atoms with Gasteiger partial charge in [0, 0.05) is 18.7 Å². The van der Waals surface area contributed by atoms with Gasteiger partial charge in [-0.15, -0.1) is 0 Å². The number of anilines is 2. The molecule has 10 heteroatoms. The molecule has 2 aromatic rings. The van der Waals surface area contributed by atoms with Gasteiger partial charge in [0.1, 0.15) is 0 Å². The van der Waals surface area contributed by atoms with Crippen molar-refractivity contribution in [3.63, 3.8) is 0 Å². The van der Waals surface area contributed by atoms with Crippen molar-refractivity contribution in [3.05, 3.63) is 47.5 Å². The van der Waals surface area contributed by atoms with Crippen molar-refractivity contribution in [2.45, 2.75) is 6.92 Å². The standard InChI is InChI=1S/C22H23N3O6S/c1-2-29-21(27)15-3-5-17(25-7-9-28-10-8-25)16(11-15)23-22(32)24-20(26)14-4-6-18-19(12-14)31-13-30-18/h3-6,11-12H,2,7-10,13H2,1H3,(H2,23,24,26,32). The van der Waals surface area contributed by atoms with E-state index in [0.717, 1.165) is 5.69 Å². The van der Waals surface area contributed by atoms with Crippen LogP contribution in [0.25, 0.3) is 0 Å². The normalized spacial score (nSPS) is 14.6. The van der Waals surface area contributed by atoms with Crippen molar-refractivity contribution < 1.29 is 28.5 Å². The van der Waals surface area contributed by atoms with Crippen LogP contribution in [0.15, 0.2) is 36.4 Å². The van der Waals surface area contributed by atoms with Crippen LogP contribution < -0.4 is 25.0 Å². The number of nitrogens with one attached hydrogen (secondary N) is 2. The molecule has 2 N–H and O–H groups in total. The van der Waals surface area contributed by atoms with Crippen molar-refractivity contribution in [2.75, 3.05) is 49.9 Å². The quantitative estimate of drug-likeness (QED) is 0.518. The topological polar surface area (TPSA) is 98.4 Å². The van der Waals surface area contributed by atoms with Gasteiger partial charge in [0.2, 0.25) is 6.79 Å². The lowest BCUT2D eigenvalue weighted by Gasteiger charge is -2.31. The SMILES string of the molecule is CCOC(=O)c1ccc(N2CCOCC2)c(NC(=S)NC(=O)c2ccc3c(c2)OCO3)c1. The Labute approximate surface area is 190 Å². The van der Waals surface area contributed by atoms with Crippen LogP contribution in [0.2, 0.25) is 0 Å². The largest absolute Gasteiger partial charge is 0.462 e. The minimum absolute atomic E-state index is 0.100. The molecule has 2 aliphatic heterocycles. The number of fused-ring (bicyclic) bond motifs is 1. The Morgan fingerprint density at radius 2 is 1.81 bits per heavy atom. The molecule has 4 rings (SSSR count). The molecule has 0 unspecified atom stereocenters. The first-order chi connectivity index (χ1) is 15.5. The molecule has 0 aliphatic carbocycles. The second kappa shape index (κ2) is 9.84. The molecule has 0 radical (unpaired) electrons. The number of nitrogens with zero attached hydrogens (tertiary/aromatic N) is 1. The zero-order chi connectivity index (χ0) is 22.5. The number of rotatable bonds is 5. The fourth-order valence-electron chi connectivity index (χ4n) is 3.42. The van der Waals surface area contributed by atoms with E-state index in [9.17, 15) is 9.59 Å². The molecule has 1 fully saturated rings. The van der Waals surface area contributed by atoms with E-state index in [4.69, 9.17) is 31.2 Å². The second-order valence-corrected chi connectivity index (χ2v) is 7.44. The molecule has 2 aromatic carbocycles. The van der Waals surface area contributed by atoms with Crippen LogP contribution in [0.4, 0.5) is 11.4 Å². The third-order valence-corrected chi connectivity index (χ3v) is 5.17. The molecule has 0 atom stereocenters. The molecule has 32 heavy (non-hydrogen) atoms. The zero-order valence-electron chi connectivity index (χ0n) is 17.5. The highest BCUT2D eigenvalue weighted by molar-refractivity contribution is 7.80. The third kappa shape index (κ3) is 4.92. The number of benzene rings is 2. The van der Waals surface area contributed by atoms with Crippen LogP contribution in [-0.2, 0) is 9.47 Å². The van der Waals surface area contributed by atoms with Gasteiger partial charge in [0.25, 0.3) is 5.91 Å². The van der Waals surface area contributed by atoms with Crippen LogP contribution in [0.5, 0.6) is 11.5 Å². The summed E-state index contributed by atoms with van der Waals surface area (Å²) in [5.74, 6) is 0.274. The first kappa shape index (κ1) is 21.8. The monoisotopic (exact) mass is 457 g/mol. The van der Waals surface area contributed by atoms with E-state index in [1.807, 2.05) is 6.07 Å². The summed E-state index contributed by atoms with van der Waals surface area (Å²) in [5.41, 5.74) is 2.21. The average molecular weight is 458 g/mol. The summed E-state index contributed by atoms with van der Waals surface area (Å²) in [6, 6.07) is 10.1. The van der Waals surface area contributed by atoms with Crippen LogP contribution in [0.1, 0.15) is 27.6 Å². The smallest absolute Gasteiger partial charge is 0.338 e. The van der Waals surface area contributed by atoms with Gasteiger partial charge in [-0.25, -0.2) is 4.79 Å². The average Bonchev–Trinajstić information content (AvgIpc) is 3.27. The summed E-state index contributed by atoms with van der Waals surface area (Å²) in [5, 5.41) is 5.82. The fourth-order valence-corrected chi connectivity index (χ4v) is 3.63. The summed E-state index contributed by atoms with van der Waals surface area (Å²) in [7, 11) is 0. The first-order valence-electron chi connectivity index (χ1n) is 10.2. The Morgan fingerprint density at radius 1 is 1.06 bits per heavy atom. The maximum Gasteiger partial charge on any atom is 0.338 e. The van der Waals surface area contributed by atoms with E-state index < -0.39 is 11.9 Å². The Morgan fingerprint density at radius 3 is 2.59 bits per heavy atom. The molecule has 0 aromatic heterocycles. The number of ether oxygens (including phenoxy) is 4. The van der Waals surface area contributed by atoms with E-state index in [2.05, 4.69) is 15.5 Å². The molecule has 168 valence electrons. The third-order valence-electron chi connectivity index (χ3n) is 4.97. The van der Waals surface area contributed by atoms with Gasteiger partial charge < -0.3 is 29.2 Å². The van der Waals surface area contributed by atoms with E-state index in [1.54, 1.807) is 37.3 Å². The predicted octanol–water partition coefficient (Wildman–Crippen LogP) is 2.56.